The first-order chi connectivity index (χ1) is 5.61. The second-order valence-electron chi connectivity index (χ2n) is 2.20. The van der Waals surface area contributed by atoms with E-state index in [0.717, 1.165) is 0 Å². The first-order valence-corrected chi connectivity index (χ1v) is 3.76. The zero-order valence-electron chi connectivity index (χ0n) is 7.51. The Balaban J connectivity index is 3.75. The molecule has 0 aromatic carbocycles. The third-order valence-electron chi connectivity index (χ3n) is 1.25. The number of alkyl carbamates (subject to hydrolysis) is 1. The molecular weight excluding hydrogens is 160 g/mol. The van der Waals surface area contributed by atoms with Gasteiger partial charge < -0.3 is 15.4 Å². The van der Waals surface area contributed by atoms with Gasteiger partial charge in [-0.05, 0) is 13.8 Å². The minimum Gasteiger partial charge on any atom is -0.450 e. The van der Waals surface area contributed by atoms with E-state index in [1.165, 1.54) is 7.05 Å². The van der Waals surface area contributed by atoms with Crippen molar-refractivity contribution in [3.05, 3.63) is 0 Å². The van der Waals surface area contributed by atoms with Crippen molar-refractivity contribution in [2.45, 2.75) is 19.9 Å². The first kappa shape index (κ1) is 10.7. The third kappa shape index (κ3) is 3.80. The maximum Gasteiger partial charge on any atom is 0.407 e. The molecule has 0 rings (SSSR count). The summed E-state index contributed by atoms with van der Waals surface area (Å²) in [5.74, 6) is -0.247. The largest absolute Gasteiger partial charge is 0.450 e. The lowest BCUT2D eigenvalue weighted by atomic mass is 10.3. The van der Waals surface area contributed by atoms with Crippen LogP contribution in [0.4, 0.5) is 4.79 Å². The van der Waals surface area contributed by atoms with E-state index < -0.39 is 12.1 Å². The normalized spacial score (nSPS) is 11.6. The van der Waals surface area contributed by atoms with Crippen LogP contribution in [0, 0.1) is 0 Å². The van der Waals surface area contributed by atoms with Gasteiger partial charge >= 0.3 is 6.09 Å². The van der Waals surface area contributed by atoms with Gasteiger partial charge in [0, 0.05) is 7.05 Å². The molecule has 0 saturated carbocycles. The Labute approximate surface area is 71.5 Å². The van der Waals surface area contributed by atoms with Crippen LogP contribution in [0.25, 0.3) is 0 Å². The minimum atomic E-state index is -0.575. The van der Waals surface area contributed by atoms with Gasteiger partial charge in [0.15, 0.2) is 0 Å². The monoisotopic (exact) mass is 174 g/mol. The summed E-state index contributed by atoms with van der Waals surface area (Å²) in [6, 6.07) is -0.561. The number of likely N-dealkylation sites (N-methyl/N-ethyl adjacent to an activating group) is 1. The van der Waals surface area contributed by atoms with E-state index >= 15 is 0 Å². The summed E-state index contributed by atoms with van der Waals surface area (Å²) in [6.45, 7) is 3.58. The summed E-state index contributed by atoms with van der Waals surface area (Å²) in [7, 11) is 1.51. The molecular formula is C7H14N2O3. The van der Waals surface area contributed by atoms with Crippen LogP contribution in [0.3, 0.4) is 0 Å². The molecule has 12 heavy (non-hydrogen) atoms. The van der Waals surface area contributed by atoms with Gasteiger partial charge in [-0.3, -0.25) is 4.79 Å². The molecule has 0 aromatic heterocycles. The van der Waals surface area contributed by atoms with Gasteiger partial charge in [0.2, 0.25) is 5.91 Å². The summed E-state index contributed by atoms with van der Waals surface area (Å²) in [5, 5.41) is 4.76. The molecule has 1 atom stereocenters. The molecule has 0 saturated heterocycles. The number of nitrogens with one attached hydrogen (secondary N) is 2. The van der Waals surface area contributed by atoms with Gasteiger partial charge in [-0.1, -0.05) is 0 Å². The smallest absolute Gasteiger partial charge is 0.407 e. The lowest BCUT2D eigenvalue weighted by molar-refractivity contribution is -0.122. The van der Waals surface area contributed by atoms with E-state index in [9.17, 15) is 9.59 Å². The number of amides is 2. The van der Waals surface area contributed by atoms with Crippen molar-refractivity contribution >= 4 is 12.0 Å². The van der Waals surface area contributed by atoms with E-state index in [4.69, 9.17) is 0 Å². The van der Waals surface area contributed by atoms with E-state index in [1.54, 1.807) is 13.8 Å². The van der Waals surface area contributed by atoms with Crippen LogP contribution in [-0.4, -0.2) is 31.7 Å². The van der Waals surface area contributed by atoms with Gasteiger partial charge in [-0.25, -0.2) is 4.79 Å². The fourth-order valence-corrected chi connectivity index (χ4v) is 0.632. The molecule has 0 aromatic rings. The molecule has 5 heteroatoms. The van der Waals surface area contributed by atoms with Crippen LogP contribution in [0.15, 0.2) is 0 Å². The highest BCUT2D eigenvalue weighted by Gasteiger charge is 2.13. The number of rotatable bonds is 3. The topological polar surface area (TPSA) is 67.4 Å². The Morgan fingerprint density at radius 1 is 1.50 bits per heavy atom. The summed E-state index contributed by atoms with van der Waals surface area (Å²) in [4.78, 5) is 21.6. The number of hydrogen-bond acceptors (Lipinski definition) is 3. The van der Waals surface area contributed by atoms with Crippen molar-refractivity contribution in [2.75, 3.05) is 13.7 Å². The number of carbonyl (C=O) groups is 2. The summed E-state index contributed by atoms with van der Waals surface area (Å²) in [5.41, 5.74) is 0. The Bertz CT molecular complexity index is 170. The second kappa shape index (κ2) is 5.40. The molecule has 0 aliphatic heterocycles. The molecule has 0 radical (unpaired) electrons. The number of hydrogen-bond donors (Lipinski definition) is 2. The van der Waals surface area contributed by atoms with Gasteiger partial charge in [-0.15, -0.1) is 0 Å². The molecule has 0 unspecified atom stereocenters. The van der Waals surface area contributed by atoms with Crippen LogP contribution in [0.2, 0.25) is 0 Å². The van der Waals surface area contributed by atoms with Crippen molar-refractivity contribution in [3.8, 4) is 0 Å². The molecule has 0 aliphatic carbocycles. The predicted molar refractivity (Wildman–Crippen MR) is 43.7 cm³/mol. The zero-order valence-corrected chi connectivity index (χ0v) is 7.51. The third-order valence-corrected chi connectivity index (χ3v) is 1.25. The van der Waals surface area contributed by atoms with Crippen LogP contribution >= 0.6 is 0 Å². The Hall–Kier alpha value is -1.26. The van der Waals surface area contributed by atoms with Crippen molar-refractivity contribution in [3.63, 3.8) is 0 Å². The standard InChI is InChI=1S/C7H14N2O3/c1-4-12-7(11)9-5(2)6(10)8-3/h5H,4H2,1-3H3,(H,8,10)(H,9,11)/t5-/m1/s1. The van der Waals surface area contributed by atoms with Crippen LogP contribution < -0.4 is 10.6 Å². The van der Waals surface area contributed by atoms with E-state index in [1.807, 2.05) is 0 Å². The molecule has 2 N–H and O–H groups in total. The van der Waals surface area contributed by atoms with Gasteiger partial charge in [0.25, 0.3) is 0 Å². The SMILES string of the molecule is CCOC(=O)N[C@H](C)C(=O)NC. The molecule has 5 nitrogen and oxygen atoms in total. The van der Waals surface area contributed by atoms with E-state index in [2.05, 4.69) is 15.4 Å². The maximum atomic E-state index is 10.9. The number of carbonyl (C=O) groups excluding carboxylic acids is 2. The quantitative estimate of drug-likeness (QED) is 0.626. The second-order valence-corrected chi connectivity index (χ2v) is 2.20. The summed E-state index contributed by atoms with van der Waals surface area (Å²) >= 11 is 0. The van der Waals surface area contributed by atoms with Crippen molar-refractivity contribution in [1.29, 1.82) is 0 Å². The van der Waals surface area contributed by atoms with Crippen LogP contribution in [0.1, 0.15) is 13.8 Å². The average Bonchev–Trinajstić information content (AvgIpc) is 2.03. The molecule has 0 spiro atoms. The predicted octanol–water partition coefficient (Wildman–Crippen LogP) is -0.133. The lowest BCUT2D eigenvalue weighted by Crippen LogP contribution is -2.43. The van der Waals surface area contributed by atoms with Gasteiger partial charge in [0.05, 0.1) is 6.61 Å². The molecule has 0 heterocycles. The minimum absolute atomic E-state index is 0.247. The highest BCUT2D eigenvalue weighted by Crippen LogP contribution is 1.83. The Morgan fingerprint density at radius 3 is 2.50 bits per heavy atom. The van der Waals surface area contributed by atoms with E-state index in [0.29, 0.717) is 6.61 Å². The molecule has 0 aliphatic rings. The maximum absolute atomic E-state index is 10.9. The fourth-order valence-electron chi connectivity index (χ4n) is 0.632. The Kier molecular flexibility index (Phi) is 4.83. The van der Waals surface area contributed by atoms with Gasteiger partial charge in [0.1, 0.15) is 6.04 Å². The van der Waals surface area contributed by atoms with Crippen molar-refractivity contribution < 1.29 is 14.3 Å². The highest BCUT2D eigenvalue weighted by atomic mass is 16.5. The van der Waals surface area contributed by atoms with Gasteiger partial charge in [-0.2, -0.15) is 0 Å². The average molecular weight is 174 g/mol. The summed E-state index contributed by atoms with van der Waals surface area (Å²) < 4.78 is 4.58. The molecule has 70 valence electrons. The molecule has 0 fully saturated rings. The van der Waals surface area contributed by atoms with Crippen molar-refractivity contribution in [1.82, 2.24) is 10.6 Å². The fraction of sp³-hybridized carbons (Fsp3) is 0.714. The summed E-state index contributed by atoms with van der Waals surface area (Å²) in [6.07, 6.45) is -0.575. The van der Waals surface area contributed by atoms with Crippen LogP contribution in [-0.2, 0) is 9.53 Å². The highest BCUT2D eigenvalue weighted by molar-refractivity contribution is 5.84. The zero-order chi connectivity index (χ0) is 9.56. The van der Waals surface area contributed by atoms with Crippen LogP contribution in [0.5, 0.6) is 0 Å². The first-order valence-electron chi connectivity index (χ1n) is 3.76. The molecule has 0 bridgehead atoms. The Morgan fingerprint density at radius 2 is 2.08 bits per heavy atom. The molecule has 2 amide bonds. The van der Waals surface area contributed by atoms with E-state index in [-0.39, 0.29) is 5.91 Å². The van der Waals surface area contributed by atoms with Crippen molar-refractivity contribution in [2.24, 2.45) is 0 Å². The number of ether oxygens (including phenoxy) is 1. The lowest BCUT2D eigenvalue weighted by Gasteiger charge is -2.11.